The Hall–Kier alpha value is -2.80. The van der Waals surface area contributed by atoms with Crippen molar-refractivity contribution in [2.45, 2.75) is 31.6 Å². The Morgan fingerprint density at radius 2 is 1.89 bits per heavy atom. The van der Waals surface area contributed by atoms with Gasteiger partial charge in [0.2, 0.25) is 5.91 Å². The first-order valence-electron chi connectivity index (χ1n) is 8.76. The van der Waals surface area contributed by atoms with Crippen LogP contribution in [0.1, 0.15) is 16.7 Å². The largest absolute Gasteiger partial charge is 0.351 e. The van der Waals surface area contributed by atoms with E-state index in [4.69, 9.17) is 0 Å². The SMILES string of the molecule is Cc1ccccc1CNC(=O)CSc1n[nH]c(=O)n1CCc1ccccc1. The summed E-state index contributed by atoms with van der Waals surface area (Å²) in [5, 5.41) is 9.95. The van der Waals surface area contributed by atoms with Crippen molar-refractivity contribution in [1.82, 2.24) is 20.1 Å². The molecule has 140 valence electrons. The highest BCUT2D eigenvalue weighted by Crippen LogP contribution is 2.14. The lowest BCUT2D eigenvalue weighted by molar-refractivity contribution is -0.118. The van der Waals surface area contributed by atoms with E-state index in [1.807, 2.05) is 61.5 Å². The smallest absolute Gasteiger partial charge is 0.343 e. The van der Waals surface area contributed by atoms with E-state index < -0.39 is 0 Å². The molecule has 0 aliphatic carbocycles. The number of nitrogens with one attached hydrogen (secondary N) is 2. The highest BCUT2D eigenvalue weighted by Gasteiger charge is 2.11. The fourth-order valence-corrected chi connectivity index (χ4v) is 3.48. The molecule has 7 heteroatoms. The van der Waals surface area contributed by atoms with E-state index in [1.165, 1.54) is 11.8 Å². The van der Waals surface area contributed by atoms with Crippen LogP contribution in [-0.2, 0) is 24.3 Å². The summed E-state index contributed by atoms with van der Waals surface area (Å²) in [6.07, 6.45) is 0.729. The predicted molar refractivity (Wildman–Crippen MR) is 107 cm³/mol. The number of hydrogen-bond donors (Lipinski definition) is 2. The van der Waals surface area contributed by atoms with Crippen molar-refractivity contribution >= 4 is 17.7 Å². The maximum absolute atomic E-state index is 12.1. The standard InChI is InChI=1S/C20H22N4O2S/c1-15-7-5-6-10-17(15)13-21-18(25)14-27-20-23-22-19(26)24(20)12-11-16-8-3-2-4-9-16/h2-10H,11-14H2,1H3,(H,21,25)(H,22,26). The molecule has 2 aromatic carbocycles. The first-order valence-corrected chi connectivity index (χ1v) is 9.75. The summed E-state index contributed by atoms with van der Waals surface area (Å²) >= 11 is 1.26. The van der Waals surface area contributed by atoms with Gasteiger partial charge in [-0.1, -0.05) is 66.4 Å². The first kappa shape index (κ1) is 19.0. The van der Waals surface area contributed by atoms with Crippen molar-refractivity contribution in [2.75, 3.05) is 5.75 Å². The lowest BCUT2D eigenvalue weighted by atomic mass is 10.1. The molecule has 0 fully saturated rings. The fraction of sp³-hybridized carbons (Fsp3) is 0.250. The van der Waals surface area contributed by atoms with Crippen LogP contribution >= 0.6 is 11.8 Å². The highest BCUT2D eigenvalue weighted by atomic mass is 32.2. The maximum atomic E-state index is 12.1. The quantitative estimate of drug-likeness (QED) is 0.587. The minimum absolute atomic E-state index is 0.0895. The zero-order valence-corrected chi connectivity index (χ0v) is 16.0. The van der Waals surface area contributed by atoms with Gasteiger partial charge in [0.1, 0.15) is 0 Å². The molecule has 0 atom stereocenters. The van der Waals surface area contributed by atoms with Crippen molar-refractivity contribution in [1.29, 1.82) is 0 Å². The molecule has 6 nitrogen and oxygen atoms in total. The average Bonchev–Trinajstić information content (AvgIpc) is 3.04. The predicted octanol–water partition coefficient (Wildman–Crippen LogP) is 2.53. The van der Waals surface area contributed by atoms with E-state index in [1.54, 1.807) is 4.57 Å². The number of nitrogens with zero attached hydrogens (tertiary/aromatic N) is 2. The van der Waals surface area contributed by atoms with Gasteiger partial charge in [0.05, 0.1) is 5.75 Å². The van der Waals surface area contributed by atoms with Crippen molar-refractivity contribution in [3.8, 4) is 0 Å². The molecule has 27 heavy (non-hydrogen) atoms. The number of benzene rings is 2. The molecule has 0 aliphatic rings. The van der Waals surface area contributed by atoms with Crippen molar-refractivity contribution < 1.29 is 4.79 Å². The van der Waals surface area contributed by atoms with E-state index in [-0.39, 0.29) is 17.3 Å². The van der Waals surface area contributed by atoms with Gasteiger partial charge >= 0.3 is 5.69 Å². The monoisotopic (exact) mass is 382 g/mol. The molecule has 0 spiro atoms. The van der Waals surface area contributed by atoms with Gasteiger partial charge in [-0.3, -0.25) is 9.36 Å². The van der Waals surface area contributed by atoms with Crippen LogP contribution < -0.4 is 11.0 Å². The number of rotatable bonds is 8. The van der Waals surface area contributed by atoms with Gasteiger partial charge in [0, 0.05) is 13.1 Å². The second-order valence-electron chi connectivity index (χ2n) is 6.19. The van der Waals surface area contributed by atoms with Gasteiger partial charge in [-0.2, -0.15) is 0 Å². The van der Waals surface area contributed by atoms with Gasteiger partial charge in [-0.15, -0.1) is 5.10 Å². The zero-order chi connectivity index (χ0) is 19.1. The number of carbonyl (C=O) groups excluding carboxylic acids is 1. The summed E-state index contributed by atoms with van der Waals surface area (Å²) in [7, 11) is 0. The number of amides is 1. The molecule has 0 aliphatic heterocycles. The third-order valence-electron chi connectivity index (χ3n) is 4.26. The number of aryl methyl sites for hydroxylation is 2. The highest BCUT2D eigenvalue weighted by molar-refractivity contribution is 7.99. The van der Waals surface area contributed by atoms with Gasteiger partial charge in [-0.25, -0.2) is 9.89 Å². The van der Waals surface area contributed by atoms with E-state index in [0.717, 1.165) is 23.1 Å². The van der Waals surface area contributed by atoms with Crippen LogP contribution in [0.5, 0.6) is 0 Å². The van der Waals surface area contributed by atoms with E-state index in [9.17, 15) is 9.59 Å². The van der Waals surface area contributed by atoms with Crippen molar-refractivity contribution in [2.24, 2.45) is 0 Å². The number of hydrogen-bond acceptors (Lipinski definition) is 4. The number of aromatic nitrogens is 3. The molecular formula is C20H22N4O2S. The Labute approximate surface area is 162 Å². The third kappa shape index (κ3) is 5.34. The Morgan fingerprint density at radius 3 is 2.67 bits per heavy atom. The number of carbonyl (C=O) groups is 1. The lowest BCUT2D eigenvalue weighted by Crippen LogP contribution is -2.25. The molecule has 3 aromatic rings. The Kier molecular flexibility index (Phi) is 6.49. The zero-order valence-electron chi connectivity index (χ0n) is 15.1. The van der Waals surface area contributed by atoms with Crippen LogP contribution in [0.3, 0.4) is 0 Å². The van der Waals surface area contributed by atoms with Crippen LogP contribution in [0.15, 0.2) is 64.5 Å². The summed E-state index contributed by atoms with van der Waals surface area (Å²) in [5.74, 6) is 0.120. The van der Waals surface area contributed by atoms with Crippen LogP contribution in [0, 0.1) is 6.92 Å². The van der Waals surface area contributed by atoms with E-state index in [2.05, 4.69) is 15.5 Å². The van der Waals surface area contributed by atoms with Crippen LogP contribution in [0.25, 0.3) is 0 Å². The second-order valence-corrected chi connectivity index (χ2v) is 7.13. The Bertz CT molecular complexity index is 950. The maximum Gasteiger partial charge on any atom is 0.343 e. The molecule has 1 aromatic heterocycles. The number of aromatic amines is 1. The summed E-state index contributed by atoms with van der Waals surface area (Å²) in [6.45, 7) is 3.03. The molecule has 1 heterocycles. The van der Waals surface area contributed by atoms with Gasteiger partial charge in [-0.05, 0) is 30.0 Å². The van der Waals surface area contributed by atoms with Gasteiger partial charge < -0.3 is 5.32 Å². The number of thioether (sulfide) groups is 1. The average molecular weight is 382 g/mol. The minimum Gasteiger partial charge on any atom is -0.351 e. The van der Waals surface area contributed by atoms with Crippen molar-refractivity contribution in [3.05, 3.63) is 81.8 Å². The molecular weight excluding hydrogens is 360 g/mol. The van der Waals surface area contributed by atoms with E-state index >= 15 is 0 Å². The molecule has 0 saturated heterocycles. The lowest BCUT2D eigenvalue weighted by Gasteiger charge is -2.08. The topological polar surface area (TPSA) is 79.8 Å². The third-order valence-corrected chi connectivity index (χ3v) is 5.24. The second kappa shape index (κ2) is 9.23. The summed E-state index contributed by atoms with van der Waals surface area (Å²) < 4.78 is 1.58. The summed E-state index contributed by atoms with van der Waals surface area (Å²) in [6, 6.07) is 17.9. The minimum atomic E-state index is -0.256. The van der Waals surface area contributed by atoms with Crippen LogP contribution in [-0.4, -0.2) is 26.4 Å². The Morgan fingerprint density at radius 1 is 1.15 bits per heavy atom. The molecule has 0 saturated carbocycles. The fourth-order valence-electron chi connectivity index (χ4n) is 2.68. The summed E-state index contributed by atoms with van der Waals surface area (Å²) in [4.78, 5) is 24.1. The van der Waals surface area contributed by atoms with E-state index in [0.29, 0.717) is 18.2 Å². The van der Waals surface area contributed by atoms with Crippen LogP contribution in [0.4, 0.5) is 0 Å². The molecule has 1 amide bonds. The normalized spacial score (nSPS) is 10.7. The molecule has 0 unspecified atom stereocenters. The van der Waals surface area contributed by atoms with Gasteiger partial charge in [0.15, 0.2) is 5.16 Å². The summed E-state index contributed by atoms with van der Waals surface area (Å²) in [5.41, 5.74) is 3.13. The molecule has 0 radical (unpaired) electrons. The first-order chi connectivity index (χ1) is 13.1. The van der Waals surface area contributed by atoms with Gasteiger partial charge in [0.25, 0.3) is 0 Å². The molecule has 3 rings (SSSR count). The Balaban J connectivity index is 1.53. The van der Waals surface area contributed by atoms with Crippen molar-refractivity contribution in [3.63, 3.8) is 0 Å². The van der Waals surface area contributed by atoms with Crippen LogP contribution in [0.2, 0.25) is 0 Å². The molecule has 2 N–H and O–H groups in total. The number of H-pyrrole nitrogens is 1. The molecule has 0 bridgehead atoms.